The molecular formula is C14H19N3O3. The number of hydrogen-bond acceptors (Lipinski definition) is 4. The quantitative estimate of drug-likeness (QED) is 0.592. The van der Waals surface area contributed by atoms with E-state index in [1.807, 2.05) is 0 Å². The average molecular weight is 277 g/mol. The zero-order valence-electron chi connectivity index (χ0n) is 11.5. The lowest BCUT2D eigenvalue weighted by Gasteiger charge is -2.08. The van der Waals surface area contributed by atoms with E-state index in [2.05, 4.69) is 10.6 Å². The van der Waals surface area contributed by atoms with Gasteiger partial charge < -0.3 is 10.6 Å². The van der Waals surface area contributed by atoms with Crippen LogP contribution in [-0.2, 0) is 0 Å². The molecular weight excluding hydrogens is 258 g/mol. The molecule has 1 fully saturated rings. The highest BCUT2D eigenvalue weighted by atomic mass is 16.6. The van der Waals surface area contributed by atoms with Crippen molar-refractivity contribution in [1.29, 1.82) is 0 Å². The van der Waals surface area contributed by atoms with Gasteiger partial charge in [0.2, 0.25) is 0 Å². The summed E-state index contributed by atoms with van der Waals surface area (Å²) >= 11 is 0. The number of carbonyl (C=O) groups is 1. The van der Waals surface area contributed by atoms with Gasteiger partial charge in [0.15, 0.2) is 0 Å². The molecule has 1 saturated carbocycles. The lowest BCUT2D eigenvalue weighted by molar-refractivity contribution is -0.384. The molecule has 0 saturated heterocycles. The van der Waals surface area contributed by atoms with Gasteiger partial charge in [-0.1, -0.05) is 12.8 Å². The summed E-state index contributed by atoms with van der Waals surface area (Å²) in [5.74, 6) is 0.483. The van der Waals surface area contributed by atoms with E-state index in [-0.39, 0.29) is 11.6 Å². The molecule has 6 nitrogen and oxygen atoms in total. The minimum atomic E-state index is -0.456. The van der Waals surface area contributed by atoms with Crippen molar-refractivity contribution in [3.8, 4) is 0 Å². The number of nitro benzene ring substituents is 1. The van der Waals surface area contributed by atoms with Crippen molar-refractivity contribution in [2.45, 2.75) is 26.2 Å². The Hall–Kier alpha value is -2.11. The number of nitrogens with zero attached hydrogens (tertiary/aromatic N) is 1. The van der Waals surface area contributed by atoms with E-state index in [4.69, 9.17) is 0 Å². The smallest absolute Gasteiger partial charge is 0.293 e. The molecule has 0 unspecified atom stereocenters. The van der Waals surface area contributed by atoms with Crippen LogP contribution in [-0.4, -0.2) is 23.9 Å². The molecule has 2 rings (SSSR count). The van der Waals surface area contributed by atoms with Gasteiger partial charge in [0.1, 0.15) is 5.69 Å². The molecule has 6 heteroatoms. The Morgan fingerprint density at radius 2 is 2.20 bits per heavy atom. The van der Waals surface area contributed by atoms with Crippen LogP contribution in [0.15, 0.2) is 18.2 Å². The largest absolute Gasteiger partial charge is 0.379 e. The van der Waals surface area contributed by atoms with E-state index < -0.39 is 4.92 Å². The third-order valence-corrected chi connectivity index (χ3v) is 3.36. The molecule has 108 valence electrons. The van der Waals surface area contributed by atoms with Crippen LogP contribution in [0, 0.1) is 16.0 Å². The molecule has 0 aromatic heterocycles. The molecule has 1 amide bonds. The first-order valence-electron chi connectivity index (χ1n) is 6.92. The SMILES string of the molecule is CCNC(=O)c1ccc(NCCC2CC2)c([N+](=O)[O-])c1. The maximum Gasteiger partial charge on any atom is 0.293 e. The molecule has 0 bridgehead atoms. The van der Waals surface area contributed by atoms with Crippen molar-refractivity contribution >= 4 is 17.3 Å². The number of nitrogens with one attached hydrogen (secondary N) is 2. The maximum absolute atomic E-state index is 11.7. The van der Waals surface area contributed by atoms with E-state index in [1.165, 1.54) is 18.9 Å². The maximum atomic E-state index is 11.7. The van der Waals surface area contributed by atoms with Crippen LogP contribution in [0.2, 0.25) is 0 Å². The Bertz CT molecular complexity index is 512. The molecule has 0 atom stereocenters. The van der Waals surface area contributed by atoms with Crippen molar-refractivity contribution in [2.24, 2.45) is 5.92 Å². The first-order chi connectivity index (χ1) is 9.61. The standard InChI is InChI=1S/C14H19N3O3/c1-2-15-14(18)11-5-6-12(13(9-11)17(19)20)16-8-7-10-3-4-10/h5-6,9-10,16H,2-4,7-8H2,1H3,(H,15,18). The first-order valence-corrected chi connectivity index (χ1v) is 6.92. The number of carbonyl (C=O) groups excluding carboxylic acids is 1. The number of hydrogen-bond donors (Lipinski definition) is 2. The fraction of sp³-hybridized carbons (Fsp3) is 0.500. The van der Waals surface area contributed by atoms with Crippen LogP contribution >= 0.6 is 0 Å². The van der Waals surface area contributed by atoms with Gasteiger partial charge in [0.05, 0.1) is 4.92 Å². The number of anilines is 1. The Morgan fingerprint density at radius 3 is 2.80 bits per heavy atom. The van der Waals surface area contributed by atoms with Crippen LogP contribution in [0.25, 0.3) is 0 Å². The van der Waals surface area contributed by atoms with E-state index >= 15 is 0 Å². The zero-order valence-corrected chi connectivity index (χ0v) is 11.5. The third-order valence-electron chi connectivity index (χ3n) is 3.36. The Balaban J connectivity index is 2.09. The molecule has 20 heavy (non-hydrogen) atoms. The van der Waals surface area contributed by atoms with Crippen molar-refractivity contribution in [1.82, 2.24) is 5.32 Å². The highest BCUT2D eigenvalue weighted by molar-refractivity contribution is 5.95. The van der Waals surface area contributed by atoms with Crippen LogP contribution in [0.1, 0.15) is 36.5 Å². The van der Waals surface area contributed by atoms with Gasteiger partial charge in [-0.05, 0) is 31.4 Å². The summed E-state index contributed by atoms with van der Waals surface area (Å²) in [6.07, 6.45) is 3.56. The van der Waals surface area contributed by atoms with E-state index in [0.717, 1.165) is 18.9 Å². The number of amides is 1. The molecule has 1 aliphatic rings. The average Bonchev–Trinajstić information content (AvgIpc) is 3.23. The minimum Gasteiger partial charge on any atom is -0.379 e. The van der Waals surface area contributed by atoms with Crippen LogP contribution < -0.4 is 10.6 Å². The second kappa shape index (κ2) is 6.36. The highest BCUT2D eigenvalue weighted by Crippen LogP contribution is 2.33. The van der Waals surface area contributed by atoms with Crippen molar-refractivity contribution < 1.29 is 9.72 Å². The lowest BCUT2D eigenvalue weighted by atomic mass is 10.1. The predicted octanol–water partition coefficient (Wildman–Crippen LogP) is 2.56. The molecule has 0 heterocycles. The molecule has 1 aliphatic carbocycles. The number of rotatable bonds is 7. The van der Waals surface area contributed by atoms with Gasteiger partial charge in [-0.25, -0.2) is 0 Å². The zero-order chi connectivity index (χ0) is 14.5. The summed E-state index contributed by atoms with van der Waals surface area (Å²) in [6, 6.07) is 4.54. The molecule has 2 N–H and O–H groups in total. The van der Waals surface area contributed by atoms with Crippen LogP contribution in [0.3, 0.4) is 0 Å². The fourth-order valence-corrected chi connectivity index (χ4v) is 2.05. The predicted molar refractivity (Wildman–Crippen MR) is 76.9 cm³/mol. The van der Waals surface area contributed by atoms with E-state index in [0.29, 0.717) is 17.8 Å². The summed E-state index contributed by atoms with van der Waals surface area (Å²) in [6.45, 7) is 3.03. The third kappa shape index (κ3) is 3.69. The normalized spacial score (nSPS) is 13.8. The second-order valence-corrected chi connectivity index (χ2v) is 5.01. The van der Waals surface area contributed by atoms with Crippen LogP contribution in [0.4, 0.5) is 11.4 Å². The van der Waals surface area contributed by atoms with Crippen LogP contribution in [0.5, 0.6) is 0 Å². The summed E-state index contributed by atoms with van der Waals surface area (Å²) in [7, 11) is 0. The molecule has 0 aliphatic heterocycles. The summed E-state index contributed by atoms with van der Waals surface area (Å²) in [5.41, 5.74) is 0.736. The summed E-state index contributed by atoms with van der Waals surface area (Å²) in [5, 5.41) is 16.8. The Labute approximate surface area is 117 Å². The second-order valence-electron chi connectivity index (χ2n) is 5.01. The minimum absolute atomic E-state index is 0.0513. The topological polar surface area (TPSA) is 84.3 Å². The monoisotopic (exact) mass is 277 g/mol. The van der Waals surface area contributed by atoms with Gasteiger partial charge in [0.25, 0.3) is 11.6 Å². The first kappa shape index (κ1) is 14.3. The van der Waals surface area contributed by atoms with E-state index in [9.17, 15) is 14.9 Å². The van der Waals surface area contributed by atoms with Gasteiger partial charge >= 0.3 is 0 Å². The van der Waals surface area contributed by atoms with Crippen molar-refractivity contribution in [2.75, 3.05) is 18.4 Å². The molecule has 0 radical (unpaired) electrons. The number of benzene rings is 1. The van der Waals surface area contributed by atoms with Gasteiger partial charge in [0, 0.05) is 24.7 Å². The van der Waals surface area contributed by atoms with Crippen molar-refractivity contribution in [3.63, 3.8) is 0 Å². The number of nitro groups is 1. The highest BCUT2D eigenvalue weighted by Gasteiger charge is 2.21. The summed E-state index contributed by atoms with van der Waals surface area (Å²) in [4.78, 5) is 22.3. The molecule has 0 spiro atoms. The van der Waals surface area contributed by atoms with Gasteiger partial charge in [-0.15, -0.1) is 0 Å². The summed E-state index contributed by atoms with van der Waals surface area (Å²) < 4.78 is 0. The van der Waals surface area contributed by atoms with Crippen molar-refractivity contribution in [3.05, 3.63) is 33.9 Å². The Morgan fingerprint density at radius 1 is 1.45 bits per heavy atom. The van der Waals surface area contributed by atoms with Gasteiger partial charge in [-0.3, -0.25) is 14.9 Å². The fourth-order valence-electron chi connectivity index (χ4n) is 2.05. The Kier molecular flexibility index (Phi) is 4.55. The molecule has 1 aromatic rings. The van der Waals surface area contributed by atoms with Gasteiger partial charge in [-0.2, -0.15) is 0 Å². The van der Waals surface area contributed by atoms with E-state index in [1.54, 1.807) is 19.1 Å². The lowest BCUT2D eigenvalue weighted by Crippen LogP contribution is -2.22. The molecule has 1 aromatic carbocycles.